The Bertz CT molecular complexity index is 573. The zero-order valence-corrected chi connectivity index (χ0v) is 14.3. The summed E-state index contributed by atoms with van der Waals surface area (Å²) in [5.74, 6) is 0. The Kier molecular flexibility index (Phi) is 4.46. The Hall–Kier alpha value is -0.920. The van der Waals surface area contributed by atoms with Gasteiger partial charge < -0.3 is 0 Å². The highest BCUT2D eigenvalue weighted by Crippen LogP contribution is 2.22. The van der Waals surface area contributed by atoms with Gasteiger partial charge in [0.1, 0.15) is 4.90 Å². The predicted octanol–water partition coefficient (Wildman–Crippen LogP) is 1.57. The number of nitrogens with one attached hydrogen (secondary N) is 2. The zero-order valence-electron chi connectivity index (χ0n) is 13.5. The normalized spacial score (nSPS) is 19.1. The van der Waals surface area contributed by atoms with Crippen molar-refractivity contribution in [2.75, 3.05) is 13.1 Å². The van der Waals surface area contributed by atoms with E-state index in [4.69, 9.17) is 0 Å². The number of hydrogen-bond donors (Lipinski definition) is 2. The molecule has 21 heavy (non-hydrogen) atoms. The second-order valence-electron chi connectivity index (χ2n) is 6.82. The van der Waals surface area contributed by atoms with Crippen molar-refractivity contribution in [2.45, 2.75) is 63.9 Å². The Balaban J connectivity index is 2.04. The van der Waals surface area contributed by atoms with Gasteiger partial charge in [-0.25, -0.2) is 13.1 Å². The van der Waals surface area contributed by atoms with E-state index < -0.39 is 10.0 Å². The summed E-state index contributed by atoms with van der Waals surface area (Å²) in [4.78, 5) is 2.69. The zero-order chi connectivity index (χ0) is 15.8. The van der Waals surface area contributed by atoms with E-state index in [-0.39, 0.29) is 11.6 Å². The van der Waals surface area contributed by atoms with Gasteiger partial charge in [0, 0.05) is 24.7 Å². The molecule has 0 amide bonds. The first-order valence-electron chi connectivity index (χ1n) is 7.40. The topological polar surface area (TPSA) is 78.1 Å². The summed E-state index contributed by atoms with van der Waals surface area (Å²) in [5, 5.41) is 6.70. The van der Waals surface area contributed by atoms with Crippen molar-refractivity contribution in [3.05, 3.63) is 11.4 Å². The monoisotopic (exact) mass is 314 g/mol. The summed E-state index contributed by atoms with van der Waals surface area (Å²) in [6, 6.07) is 0.00213. The first-order valence-corrected chi connectivity index (χ1v) is 8.88. The van der Waals surface area contributed by atoms with Crippen LogP contribution in [0.2, 0.25) is 0 Å². The van der Waals surface area contributed by atoms with Gasteiger partial charge in [0.05, 0.1) is 11.4 Å². The molecule has 120 valence electrons. The molecule has 0 bridgehead atoms. The molecule has 6 nitrogen and oxygen atoms in total. The molecule has 0 spiro atoms. The minimum absolute atomic E-state index is 0.00213. The Morgan fingerprint density at radius 3 is 2.24 bits per heavy atom. The van der Waals surface area contributed by atoms with Gasteiger partial charge in [0.2, 0.25) is 10.0 Å². The maximum absolute atomic E-state index is 12.5. The second-order valence-corrected chi connectivity index (χ2v) is 8.47. The van der Waals surface area contributed by atoms with E-state index >= 15 is 0 Å². The van der Waals surface area contributed by atoms with Crippen LogP contribution in [0.25, 0.3) is 0 Å². The fourth-order valence-electron chi connectivity index (χ4n) is 2.88. The van der Waals surface area contributed by atoms with Gasteiger partial charge >= 0.3 is 0 Å². The number of H-pyrrole nitrogens is 1. The van der Waals surface area contributed by atoms with Crippen LogP contribution in [0.15, 0.2) is 4.90 Å². The van der Waals surface area contributed by atoms with E-state index in [0.717, 1.165) is 25.9 Å². The van der Waals surface area contributed by atoms with Gasteiger partial charge in [0.25, 0.3) is 0 Å². The molecule has 0 aliphatic carbocycles. The number of aromatic amines is 1. The number of hydrogen-bond acceptors (Lipinski definition) is 4. The summed E-state index contributed by atoms with van der Waals surface area (Å²) in [6.07, 6.45) is 1.68. The summed E-state index contributed by atoms with van der Waals surface area (Å²) in [5.41, 5.74) is 1.25. The highest BCUT2D eigenvalue weighted by Gasteiger charge is 2.30. The van der Waals surface area contributed by atoms with Crippen LogP contribution >= 0.6 is 0 Å². The minimum Gasteiger partial charge on any atom is -0.298 e. The van der Waals surface area contributed by atoms with Crippen LogP contribution in [0.5, 0.6) is 0 Å². The molecular formula is C14H26N4O2S. The van der Waals surface area contributed by atoms with Crippen molar-refractivity contribution < 1.29 is 8.42 Å². The van der Waals surface area contributed by atoms with Gasteiger partial charge in [-0.2, -0.15) is 5.10 Å². The van der Waals surface area contributed by atoms with Gasteiger partial charge in [0.15, 0.2) is 0 Å². The fourth-order valence-corrected chi connectivity index (χ4v) is 4.56. The minimum atomic E-state index is -3.49. The van der Waals surface area contributed by atoms with E-state index in [9.17, 15) is 8.42 Å². The van der Waals surface area contributed by atoms with E-state index in [1.54, 1.807) is 13.8 Å². The molecule has 0 aromatic carbocycles. The first kappa shape index (κ1) is 16.5. The van der Waals surface area contributed by atoms with Crippen LogP contribution < -0.4 is 4.72 Å². The quantitative estimate of drug-likeness (QED) is 0.887. The molecule has 0 radical (unpaired) electrons. The first-order chi connectivity index (χ1) is 9.61. The van der Waals surface area contributed by atoms with Crippen molar-refractivity contribution in [3.8, 4) is 0 Å². The Labute approximate surface area is 127 Å². The molecule has 1 fully saturated rings. The maximum atomic E-state index is 12.5. The van der Waals surface area contributed by atoms with E-state index in [0.29, 0.717) is 16.3 Å². The summed E-state index contributed by atoms with van der Waals surface area (Å²) < 4.78 is 27.8. The number of nitrogens with zero attached hydrogens (tertiary/aromatic N) is 2. The van der Waals surface area contributed by atoms with Crippen molar-refractivity contribution >= 4 is 10.0 Å². The molecule has 1 aliphatic heterocycles. The molecule has 7 heteroatoms. The molecular weight excluding hydrogens is 288 g/mol. The highest BCUT2D eigenvalue weighted by atomic mass is 32.2. The van der Waals surface area contributed by atoms with Crippen molar-refractivity contribution in [3.63, 3.8) is 0 Å². The van der Waals surface area contributed by atoms with Gasteiger partial charge in [-0.05, 0) is 47.5 Å². The third kappa shape index (κ3) is 3.64. The molecule has 1 aromatic rings. The summed E-state index contributed by atoms with van der Waals surface area (Å²) >= 11 is 0. The number of likely N-dealkylation sites (tertiary alicyclic amines) is 1. The van der Waals surface area contributed by atoms with Crippen molar-refractivity contribution in [2.24, 2.45) is 0 Å². The number of rotatable bonds is 3. The van der Waals surface area contributed by atoms with Gasteiger partial charge in [-0.15, -0.1) is 0 Å². The fraction of sp³-hybridized carbons (Fsp3) is 0.786. The summed E-state index contributed by atoms with van der Waals surface area (Å²) in [7, 11) is -3.49. The molecule has 1 aliphatic rings. The molecule has 1 saturated heterocycles. The average Bonchev–Trinajstić information content (AvgIpc) is 2.68. The largest absolute Gasteiger partial charge is 0.298 e. The standard InChI is InChI=1S/C14H26N4O2S/c1-10-13(11(2)16-15-10)21(19,20)17-12-6-8-18(9-7-12)14(3,4)5/h12,17H,6-9H2,1-5H3,(H,15,16). The average molecular weight is 314 g/mol. The lowest BCUT2D eigenvalue weighted by molar-refractivity contribution is 0.100. The van der Waals surface area contributed by atoms with E-state index in [1.807, 2.05) is 0 Å². The van der Waals surface area contributed by atoms with Gasteiger partial charge in [-0.3, -0.25) is 10.00 Å². The van der Waals surface area contributed by atoms with Crippen LogP contribution in [0.1, 0.15) is 45.0 Å². The molecule has 0 saturated carbocycles. The third-order valence-electron chi connectivity index (χ3n) is 4.09. The maximum Gasteiger partial charge on any atom is 0.244 e. The lowest BCUT2D eigenvalue weighted by atomic mass is 9.99. The Morgan fingerprint density at radius 2 is 1.81 bits per heavy atom. The van der Waals surface area contributed by atoms with Crippen LogP contribution in [-0.2, 0) is 10.0 Å². The highest BCUT2D eigenvalue weighted by molar-refractivity contribution is 7.89. The van der Waals surface area contributed by atoms with Gasteiger partial charge in [-0.1, -0.05) is 0 Å². The van der Waals surface area contributed by atoms with E-state index in [1.165, 1.54) is 0 Å². The number of aromatic nitrogens is 2. The van der Waals surface area contributed by atoms with Crippen LogP contribution in [-0.4, -0.2) is 48.2 Å². The molecule has 0 unspecified atom stereocenters. The Morgan fingerprint density at radius 1 is 1.24 bits per heavy atom. The SMILES string of the molecule is Cc1n[nH]c(C)c1S(=O)(=O)NC1CCN(C(C)(C)C)CC1. The number of sulfonamides is 1. The van der Waals surface area contributed by atoms with Crippen LogP contribution in [0.4, 0.5) is 0 Å². The van der Waals surface area contributed by atoms with Crippen molar-refractivity contribution in [1.82, 2.24) is 19.8 Å². The lowest BCUT2D eigenvalue weighted by Gasteiger charge is -2.40. The van der Waals surface area contributed by atoms with Crippen molar-refractivity contribution in [1.29, 1.82) is 0 Å². The second kappa shape index (κ2) is 5.70. The lowest BCUT2D eigenvalue weighted by Crippen LogP contribution is -2.50. The molecule has 2 N–H and O–H groups in total. The number of aryl methyl sites for hydroxylation is 2. The van der Waals surface area contributed by atoms with Crippen LogP contribution in [0, 0.1) is 13.8 Å². The molecule has 2 rings (SSSR count). The number of piperidine rings is 1. The van der Waals surface area contributed by atoms with E-state index in [2.05, 4.69) is 40.6 Å². The molecule has 0 atom stereocenters. The third-order valence-corrected chi connectivity index (χ3v) is 5.88. The molecule has 2 heterocycles. The summed E-state index contributed by atoms with van der Waals surface area (Å²) in [6.45, 7) is 11.8. The molecule has 1 aromatic heterocycles. The van der Waals surface area contributed by atoms with Crippen LogP contribution in [0.3, 0.4) is 0 Å². The smallest absolute Gasteiger partial charge is 0.244 e. The predicted molar refractivity (Wildman–Crippen MR) is 82.7 cm³/mol.